The summed E-state index contributed by atoms with van der Waals surface area (Å²) in [5.41, 5.74) is 1.44. The molecule has 0 saturated heterocycles. The molecule has 24 heavy (non-hydrogen) atoms. The number of carbonyl (C=O) groups excluding carboxylic acids is 2. The fourth-order valence-electron chi connectivity index (χ4n) is 1.84. The van der Waals surface area contributed by atoms with Crippen LogP contribution in [0.2, 0.25) is 0 Å². The first kappa shape index (κ1) is 17.2. The van der Waals surface area contributed by atoms with Gasteiger partial charge in [-0.3, -0.25) is 0 Å². The van der Waals surface area contributed by atoms with Gasteiger partial charge in [-0.1, -0.05) is 43.0 Å². The molecule has 0 aliphatic rings. The summed E-state index contributed by atoms with van der Waals surface area (Å²) in [6.45, 7) is 5.52. The predicted octanol–water partition coefficient (Wildman–Crippen LogP) is 4.16. The zero-order valence-electron chi connectivity index (χ0n) is 13.3. The highest BCUT2D eigenvalue weighted by atomic mass is 16.5. The normalized spacial score (nSPS) is 11.7. The minimum atomic E-state index is -0.538. The minimum absolute atomic E-state index is 0.432. The van der Waals surface area contributed by atoms with Crippen LogP contribution in [0.25, 0.3) is 0 Å². The van der Waals surface area contributed by atoms with Gasteiger partial charge in [0.25, 0.3) is 0 Å². The smallest absolute Gasteiger partial charge is 0.342 e. The molecule has 0 amide bonds. The average molecular weight is 322 g/mol. The third kappa shape index (κ3) is 4.95. The zero-order valence-corrected chi connectivity index (χ0v) is 13.3. The van der Waals surface area contributed by atoms with Crippen molar-refractivity contribution in [3.63, 3.8) is 0 Å². The second-order valence-corrected chi connectivity index (χ2v) is 5.06. The summed E-state index contributed by atoms with van der Waals surface area (Å²) >= 11 is 0. The molecule has 4 heteroatoms. The van der Waals surface area contributed by atoms with Crippen LogP contribution in [0.3, 0.4) is 0 Å². The van der Waals surface area contributed by atoms with Crippen LogP contribution in [0.4, 0.5) is 0 Å². The maximum atomic E-state index is 12.0. The quantitative estimate of drug-likeness (QED) is 0.455. The van der Waals surface area contributed by atoms with Crippen LogP contribution < -0.4 is 0 Å². The monoisotopic (exact) mass is 322 g/mol. The Morgan fingerprint density at radius 2 is 1.42 bits per heavy atom. The molecule has 0 heterocycles. The molecule has 0 bridgehead atoms. The predicted molar refractivity (Wildman–Crippen MR) is 91.5 cm³/mol. The molecule has 2 rings (SSSR count). The number of benzene rings is 2. The highest BCUT2D eigenvalue weighted by Crippen LogP contribution is 2.10. The number of hydrogen-bond acceptors (Lipinski definition) is 4. The molecule has 4 nitrogen and oxygen atoms in total. The Morgan fingerprint density at radius 1 is 0.917 bits per heavy atom. The molecule has 1 atom stereocenters. The lowest BCUT2D eigenvalue weighted by molar-refractivity contribution is 0.0410. The lowest BCUT2D eigenvalue weighted by Gasteiger charge is -2.13. The number of carbonyl (C=O) groups is 2. The first-order chi connectivity index (χ1) is 11.6. The summed E-state index contributed by atoms with van der Waals surface area (Å²) in [6.07, 6.45) is 2.21. The van der Waals surface area contributed by atoms with Gasteiger partial charge in [0.05, 0.1) is 17.4 Å². The maximum absolute atomic E-state index is 12.0. The van der Waals surface area contributed by atoms with Gasteiger partial charge in [0.15, 0.2) is 0 Å². The van der Waals surface area contributed by atoms with E-state index in [9.17, 15) is 9.59 Å². The van der Waals surface area contributed by atoms with Crippen LogP contribution >= 0.6 is 0 Å². The number of hydrogen-bond donors (Lipinski definition) is 0. The van der Waals surface area contributed by atoms with Crippen LogP contribution in [0.1, 0.15) is 27.6 Å². The van der Waals surface area contributed by atoms with Crippen molar-refractivity contribution < 1.29 is 19.1 Å². The summed E-state index contributed by atoms with van der Waals surface area (Å²) in [5.74, 6) is -0.896. The lowest BCUT2D eigenvalue weighted by atomic mass is 10.2. The van der Waals surface area contributed by atoms with E-state index in [2.05, 4.69) is 6.58 Å². The van der Waals surface area contributed by atoms with E-state index in [1.807, 2.05) is 12.1 Å². The summed E-state index contributed by atoms with van der Waals surface area (Å²) in [5, 5.41) is 0. The van der Waals surface area contributed by atoms with Crippen LogP contribution in [0.15, 0.2) is 85.2 Å². The Balaban J connectivity index is 1.85. The third-order valence-electron chi connectivity index (χ3n) is 3.28. The summed E-state index contributed by atoms with van der Waals surface area (Å²) in [7, 11) is 0. The molecular formula is C20H18O4. The van der Waals surface area contributed by atoms with Crippen molar-refractivity contribution in [2.75, 3.05) is 0 Å². The van der Waals surface area contributed by atoms with E-state index >= 15 is 0 Å². The van der Waals surface area contributed by atoms with Crippen LogP contribution in [-0.4, -0.2) is 18.0 Å². The molecule has 122 valence electrons. The van der Waals surface area contributed by atoms with E-state index < -0.39 is 18.0 Å². The van der Waals surface area contributed by atoms with Crippen LogP contribution in [0.5, 0.6) is 0 Å². The van der Waals surface area contributed by atoms with Gasteiger partial charge in [-0.05, 0) is 42.8 Å². The zero-order chi connectivity index (χ0) is 17.4. The summed E-state index contributed by atoms with van der Waals surface area (Å²) < 4.78 is 10.3. The van der Waals surface area contributed by atoms with Gasteiger partial charge in [-0.15, -0.1) is 0 Å². The number of ether oxygens (including phenoxy) is 2. The highest BCUT2D eigenvalue weighted by Gasteiger charge is 2.13. The SMILES string of the molecule is C=C(/C=C\OC(=O)c1ccccc1)C(C)OC(=O)c1ccccc1. The lowest BCUT2D eigenvalue weighted by Crippen LogP contribution is -2.16. The van der Waals surface area contributed by atoms with E-state index in [1.165, 1.54) is 12.3 Å². The van der Waals surface area contributed by atoms with Crippen molar-refractivity contribution in [3.8, 4) is 0 Å². The largest absolute Gasteiger partial charge is 0.454 e. The molecule has 0 N–H and O–H groups in total. The number of esters is 2. The first-order valence-corrected chi connectivity index (χ1v) is 7.45. The van der Waals surface area contributed by atoms with Gasteiger partial charge in [0, 0.05) is 0 Å². The molecule has 0 fully saturated rings. The van der Waals surface area contributed by atoms with Crippen molar-refractivity contribution in [2.45, 2.75) is 13.0 Å². The van der Waals surface area contributed by atoms with E-state index in [0.29, 0.717) is 16.7 Å². The van der Waals surface area contributed by atoms with Crippen molar-refractivity contribution in [3.05, 3.63) is 96.3 Å². The van der Waals surface area contributed by atoms with Crippen molar-refractivity contribution in [1.82, 2.24) is 0 Å². The second-order valence-electron chi connectivity index (χ2n) is 5.06. The van der Waals surface area contributed by atoms with Crippen molar-refractivity contribution >= 4 is 11.9 Å². The second kappa shape index (κ2) is 8.48. The van der Waals surface area contributed by atoms with Crippen molar-refractivity contribution in [2.24, 2.45) is 0 Å². The fraction of sp³-hybridized carbons (Fsp3) is 0.100. The van der Waals surface area contributed by atoms with Crippen molar-refractivity contribution in [1.29, 1.82) is 0 Å². The van der Waals surface area contributed by atoms with Gasteiger partial charge in [0.2, 0.25) is 0 Å². The van der Waals surface area contributed by atoms with Gasteiger partial charge < -0.3 is 9.47 Å². The Morgan fingerprint density at radius 3 is 1.96 bits per heavy atom. The van der Waals surface area contributed by atoms with E-state index in [4.69, 9.17) is 9.47 Å². The molecule has 0 saturated carbocycles. The first-order valence-electron chi connectivity index (χ1n) is 7.45. The summed E-state index contributed by atoms with van der Waals surface area (Å²) in [4.78, 5) is 23.7. The molecule has 0 aromatic heterocycles. The van der Waals surface area contributed by atoms with Crippen LogP contribution in [-0.2, 0) is 9.47 Å². The highest BCUT2D eigenvalue weighted by molar-refractivity contribution is 5.90. The Hall–Kier alpha value is -3.14. The van der Waals surface area contributed by atoms with Crippen LogP contribution in [0, 0.1) is 0 Å². The molecule has 0 aliphatic heterocycles. The van der Waals surface area contributed by atoms with E-state index in [0.717, 1.165) is 0 Å². The molecule has 0 radical (unpaired) electrons. The van der Waals surface area contributed by atoms with Gasteiger partial charge in [-0.2, -0.15) is 0 Å². The molecule has 2 aromatic carbocycles. The van der Waals surface area contributed by atoms with Gasteiger partial charge >= 0.3 is 11.9 Å². The molecule has 2 aromatic rings. The average Bonchev–Trinajstić information content (AvgIpc) is 2.62. The maximum Gasteiger partial charge on any atom is 0.342 e. The Kier molecular flexibility index (Phi) is 6.08. The van der Waals surface area contributed by atoms with E-state index in [1.54, 1.807) is 55.5 Å². The molecule has 1 unspecified atom stereocenters. The third-order valence-corrected chi connectivity index (χ3v) is 3.28. The fourth-order valence-corrected chi connectivity index (χ4v) is 1.84. The Bertz CT molecular complexity index is 733. The molecular weight excluding hydrogens is 304 g/mol. The Labute approximate surface area is 141 Å². The molecule has 0 spiro atoms. The van der Waals surface area contributed by atoms with E-state index in [-0.39, 0.29) is 0 Å². The standard InChI is InChI=1S/C20H18O4/c1-15(13-14-23-19(21)17-9-5-3-6-10-17)16(2)24-20(22)18-11-7-4-8-12-18/h3-14,16H,1H2,2H3/b14-13-. The number of rotatable bonds is 6. The van der Waals surface area contributed by atoms with Gasteiger partial charge in [0.1, 0.15) is 6.10 Å². The summed E-state index contributed by atoms with van der Waals surface area (Å²) in [6, 6.07) is 17.3. The topological polar surface area (TPSA) is 52.6 Å². The molecule has 0 aliphatic carbocycles. The minimum Gasteiger partial charge on any atom is -0.454 e. The van der Waals surface area contributed by atoms with Gasteiger partial charge in [-0.25, -0.2) is 9.59 Å².